The second kappa shape index (κ2) is 3.38. The van der Waals surface area contributed by atoms with Crippen LogP contribution in [-0.2, 0) is 4.74 Å². The Kier molecular flexibility index (Phi) is 2.23. The Hall–Kier alpha value is -1.02. The summed E-state index contributed by atoms with van der Waals surface area (Å²) in [6.45, 7) is 2.96. The van der Waals surface area contributed by atoms with Crippen LogP contribution in [0.5, 0.6) is 5.75 Å². The minimum absolute atomic E-state index is 0.324. The molecule has 1 atom stereocenters. The van der Waals surface area contributed by atoms with Gasteiger partial charge < -0.3 is 9.47 Å². The molecule has 1 aromatic rings. The smallest absolute Gasteiger partial charge is 0.121 e. The molecular weight excluding hydrogens is 164 g/mol. The molecule has 0 aromatic heterocycles. The van der Waals surface area contributed by atoms with Gasteiger partial charge in [0.25, 0.3) is 0 Å². The SMILES string of the molecule is COc1ccc(C2CCO2)cc1C. The second-order valence-electron chi connectivity index (χ2n) is 3.38. The first-order valence-corrected chi connectivity index (χ1v) is 4.57. The standard InChI is InChI=1S/C11H14O2/c1-8-7-9(11-5-6-13-11)3-4-10(8)12-2/h3-4,7,11H,5-6H2,1-2H3. The summed E-state index contributed by atoms with van der Waals surface area (Å²) >= 11 is 0. The van der Waals surface area contributed by atoms with Crippen molar-refractivity contribution in [2.75, 3.05) is 13.7 Å². The van der Waals surface area contributed by atoms with Gasteiger partial charge in [-0.15, -0.1) is 0 Å². The lowest BCUT2D eigenvalue weighted by molar-refractivity contribution is -0.0527. The average Bonchev–Trinajstić information content (AvgIpc) is 2.01. The van der Waals surface area contributed by atoms with Gasteiger partial charge in [0.1, 0.15) is 5.75 Å². The summed E-state index contributed by atoms with van der Waals surface area (Å²) in [6, 6.07) is 6.23. The predicted octanol–water partition coefficient (Wildman–Crippen LogP) is 2.47. The molecule has 0 amide bonds. The van der Waals surface area contributed by atoms with E-state index < -0.39 is 0 Å². The third kappa shape index (κ3) is 1.54. The number of hydrogen-bond acceptors (Lipinski definition) is 2. The number of benzene rings is 1. The molecule has 0 aliphatic carbocycles. The molecule has 2 nitrogen and oxygen atoms in total. The van der Waals surface area contributed by atoms with Crippen molar-refractivity contribution >= 4 is 0 Å². The summed E-state index contributed by atoms with van der Waals surface area (Å²) in [4.78, 5) is 0. The van der Waals surface area contributed by atoms with Crippen LogP contribution in [0.25, 0.3) is 0 Å². The van der Waals surface area contributed by atoms with Crippen molar-refractivity contribution in [2.45, 2.75) is 19.4 Å². The summed E-state index contributed by atoms with van der Waals surface area (Å²) in [5.41, 5.74) is 2.44. The van der Waals surface area contributed by atoms with Crippen molar-refractivity contribution in [3.8, 4) is 5.75 Å². The third-order valence-corrected chi connectivity index (χ3v) is 2.49. The van der Waals surface area contributed by atoms with Gasteiger partial charge in [-0.05, 0) is 30.2 Å². The lowest BCUT2D eigenvalue weighted by atomic mass is 10.0. The Balaban J connectivity index is 2.24. The minimum atomic E-state index is 0.324. The number of hydrogen-bond donors (Lipinski definition) is 0. The third-order valence-electron chi connectivity index (χ3n) is 2.49. The van der Waals surface area contributed by atoms with Crippen LogP contribution in [0.3, 0.4) is 0 Å². The van der Waals surface area contributed by atoms with Gasteiger partial charge in [-0.1, -0.05) is 6.07 Å². The highest BCUT2D eigenvalue weighted by Gasteiger charge is 2.20. The molecule has 2 rings (SSSR count). The van der Waals surface area contributed by atoms with Crippen LogP contribution in [0.2, 0.25) is 0 Å². The van der Waals surface area contributed by atoms with E-state index in [-0.39, 0.29) is 0 Å². The molecule has 0 radical (unpaired) electrons. The zero-order valence-corrected chi connectivity index (χ0v) is 8.04. The summed E-state index contributed by atoms with van der Waals surface area (Å²) < 4.78 is 10.6. The zero-order valence-electron chi connectivity index (χ0n) is 8.04. The number of aryl methyl sites for hydroxylation is 1. The normalized spacial score (nSPS) is 20.9. The van der Waals surface area contributed by atoms with Crippen molar-refractivity contribution in [1.29, 1.82) is 0 Å². The van der Waals surface area contributed by atoms with Crippen molar-refractivity contribution in [1.82, 2.24) is 0 Å². The van der Waals surface area contributed by atoms with Crippen LogP contribution in [0.15, 0.2) is 18.2 Å². The maximum absolute atomic E-state index is 5.40. The molecule has 70 valence electrons. The van der Waals surface area contributed by atoms with Gasteiger partial charge in [0.15, 0.2) is 0 Å². The first-order valence-electron chi connectivity index (χ1n) is 4.57. The minimum Gasteiger partial charge on any atom is -0.496 e. The van der Waals surface area contributed by atoms with Crippen molar-refractivity contribution in [3.63, 3.8) is 0 Å². The van der Waals surface area contributed by atoms with Crippen LogP contribution in [0.4, 0.5) is 0 Å². The quantitative estimate of drug-likeness (QED) is 0.692. The Morgan fingerprint density at radius 3 is 2.69 bits per heavy atom. The summed E-state index contributed by atoms with van der Waals surface area (Å²) in [5.74, 6) is 0.947. The molecule has 13 heavy (non-hydrogen) atoms. The van der Waals surface area contributed by atoms with E-state index in [1.807, 2.05) is 6.07 Å². The van der Waals surface area contributed by atoms with E-state index in [4.69, 9.17) is 9.47 Å². The Bertz CT molecular complexity index is 303. The molecular formula is C11H14O2. The lowest BCUT2D eigenvalue weighted by Gasteiger charge is -2.27. The maximum atomic E-state index is 5.40. The second-order valence-corrected chi connectivity index (χ2v) is 3.38. The molecule has 1 heterocycles. The van der Waals surface area contributed by atoms with Crippen LogP contribution >= 0.6 is 0 Å². The molecule has 1 aliphatic rings. The fourth-order valence-corrected chi connectivity index (χ4v) is 1.60. The summed E-state index contributed by atoms with van der Waals surface area (Å²) in [6.07, 6.45) is 1.47. The molecule has 1 fully saturated rings. The lowest BCUT2D eigenvalue weighted by Crippen LogP contribution is -2.18. The monoisotopic (exact) mass is 178 g/mol. The number of rotatable bonds is 2. The van der Waals surface area contributed by atoms with E-state index >= 15 is 0 Å². The van der Waals surface area contributed by atoms with Gasteiger partial charge in [-0.25, -0.2) is 0 Å². The van der Waals surface area contributed by atoms with Crippen molar-refractivity contribution in [2.24, 2.45) is 0 Å². The van der Waals surface area contributed by atoms with E-state index in [1.54, 1.807) is 7.11 Å². The number of ether oxygens (including phenoxy) is 2. The summed E-state index contributed by atoms with van der Waals surface area (Å²) in [7, 11) is 1.70. The van der Waals surface area contributed by atoms with Crippen LogP contribution in [-0.4, -0.2) is 13.7 Å². The molecule has 2 heteroatoms. The molecule has 0 spiro atoms. The van der Waals surface area contributed by atoms with Gasteiger partial charge in [-0.2, -0.15) is 0 Å². The highest BCUT2D eigenvalue weighted by atomic mass is 16.5. The average molecular weight is 178 g/mol. The van der Waals surface area contributed by atoms with E-state index in [9.17, 15) is 0 Å². The Morgan fingerprint density at radius 2 is 2.23 bits per heavy atom. The first kappa shape index (κ1) is 8.57. The molecule has 1 aliphatic heterocycles. The van der Waals surface area contributed by atoms with Gasteiger partial charge in [0.05, 0.1) is 19.8 Å². The maximum Gasteiger partial charge on any atom is 0.121 e. The fourth-order valence-electron chi connectivity index (χ4n) is 1.60. The highest BCUT2D eigenvalue weighted by molar-refractivity contribution is 5.37. The van der Waals surface area contributed by atoms with E-state index in [0.29, 0.717) is 6.10 Å². The Morgan fingerprint density at radius 1 is 1.46 bits per heavy atom. The Labute approximate surface area is 78.5 Å². The number of methoxy groups -OCH3 is 1. The van der Waals surface area contributed by atoms with Crippen LogP contribution in [0, 0.1) is 6.92 Å². The summed E-state index contributed by atoms with van der Waals surface area (Å²) in [5, 5.41) is 0. The van der Waals surface area contributed by atoms with E-state index in [1.165, 1.54) is 11.1 Å². The van der Waals surface area contributed by atoms with Crippen molar-refractivity contribution in [3.05, 3.63) is 29.3 Å². The van der Waals surface area contributed by atoms with E-state index in [0.717, 1.165) is 18.8 Å². The molecule has 0 bridgehead atoms. The topological polar surface area (TPSA) is 18.5 Å². The molecule has 1 unspecified atom stereocenters. The van der Waals surface area contributed by atoms with Gasteiger partial charge >= 0.3 is 0 Å². The van der Waals surface area contributed by atoms with Crippen LogP contribution in [0.1, 0.15) is 23.7 Å². The van der Waals surface area contributed by atoms with Gasteiger partial charge in [0.2, 0.25) is 0 Å². The van der Waals surface area contributed by atoms with Crippen molar-refractivity contribution < 1.29 is 9.47 Å². The molecule has 1 aromatic carbocycles. The van der Waals surface area contributed by atoms with Gasteiger partial charge in [-0.3, -0.25) is 0 Å². The molecule has 0 N–H and O–H groups in total. The van der Waals surface area contributed by atoms with Gasteiger partial charge in [0, 0.05) is 6.42 Å². The largest absolute Gasteiger partial charge is 0.496 e. The predicted molar refractivity (Wildman–Crippen MR) is 51.0 cm³/mol. The molecule has 1 saturated heterocycles. The fraction of sp³-hybridized carbons (Fsp3) is 0.455. The molecule has 0 saturated carbocycles. The van der Waals surface area contributed by atoms with E-state index in [2.05, 4.69) is 19.1 Å². The zero-order chi connectivity index (χ0) is 9.26. The van der Waals surface area contributed by atoms with Crippen LogP contribution < -0.4 is 4.74 Å². The highest BCUT2D eigenvalue weighted by Crippen LogP contribution is 2.31. The first-order chi connectivity index (χ1) is 6.31.